The summed E-state index contributed by atoms with van der Waals surface area (Å²) in [6.07, 6.45) is -0.534. The van der Waals surface area contributed by atoms with Gasteiger partial charge in [-0.05, 0) is 18.8 Å². The number of carboxylic acid groups (broad SMARTS) is 1. The molecule has 0 bridgehead atoms. The maximum atomic E-state index is 12.6. The van der Waals surface area contributed by atoms with Gasteiger partial charge in [-0.15, -0.1) is 0 Å². The minimum Gasteiger partial charge on any atom is -0.480 e. The lowest BCUT2D eigenvalue weighted by Gasteiger charge is -2.26. The fourth-order valence-corrected chi connectivity index (χ4v) is 2.26. The number of nitrogens with one attached hydrogen (secondary N) is 3. The van der Waals surface area contributed by atoms with Gasteiger partial charge in [-0.3, -0.25) is 19.2 Å². The standard InChI is InChI=1S/C17H31N5O6/c1-7(2)12(21-14(24)9(5)18)16(26)20-10(6-11(19)23)15(25)22-13(8(3)4)17(27)28/h7-10,12-13H,6,18H2,1-5H3,(H2,19,23)(H,20,26)(H,21,24)(H,22,25)(H,27,28). The number of carbonyl (C=O) groups excluding carboxylic acids is 4. The number of rotatable bonds is 11. The first-order valence-corrected chi connectivity index (χ1v) is 8.95. The summed E-state index contributed by atoms with van der Waals surface area (Å²) in [7, 11) is 0. The van der Waals surface area contributed by atoms with Crippen molar-refractivity contribution >= 4 is 29.6 Å². The normalized spacial score (nSPS) is 15.3. The van der Waals surface area contributed by atoms with Crippen LogP contribution in [0.25, 0.3) is 0 Å². The quantitative estimate of drug-likeness (QED) is 0.232. The number of hydrogen-bond acceptors (Lipinski definition) is 6. The average molecular weight is 401 g/mol. The second-order valence-corrected chi connectivity index (χ2v) is 7.32. The Morgan fingerprint density at radius 2 is 1.25 bits per heavy atom. The second-order valence-electron chi connectivity index (χ2n) is 7.32. The summed E-state index contributed by atoms with van der Waals surface area (Å²) < 4.78 is 0. The van der Waals surface area contributed by atoms with Crippen molar-refractivity contribution in [2.75, 3.05) is 0 Å². The lowest BCUT2D eigenvalue weighted by molar-refractivity contribution is -0.143. The molecule has 4 unspecified atom stereocenters. The summed E-state index contributed by atoms with van der Waals surface area (Å²) in [6, 6.07) is -4.46. The number of nitrogens with two attached hydrogens (primary N) is 2. The number of carboxylic acids is 1. The third kappa shape index (κ3) is 8.33. The van der Waals surface area contributed by atoms with Gasteiger partial charge in [0.15, 0.2) is 0 Å². The molecule has 0 aliphatic heterocycles. The van der Waals surface area contributed by atoms with Crippen molar-refractivity contribution in [3.05, 3.63) is 0 Å². The molecule has 0 aromatic heterocycles. The fraction of sp³-hybridized carbons (Fsp3) is 0.706. The van der Waals surface area contributed by atoms with Crippen molar-refractivity contribution in [2.24, 2.45) is 23.3 Å². The van der Waals surface area contributed by atoms with Gasteiger partial charge in [-0.25, -0.2) is 4.79 Å². The van der Waals surface area contributed by atoms with Crippen LogP contribution in [0.15, 0.2) is 0 Å². The SMILES string of the molecule is CC(N)C(=O)NC(C(=O)NC(CC(N)=O)C(=O)NC(C(=O)O)C(C)C)C(C)C. The van der Waals surface area contributed by atoms with Gasteiger partial charge in [-0.2, -0.15) is 0 Å². The predicted molar refractivity (Wildman–Crippen MR) is 101 cm³/mol. The van der Waals surface area contributed by atoms with Crippen LogP contribution in [0.5, 0.6) is 0 Å². The van der Waals surface area contributed by atoms with Crippen LogP contribution in [0.1, 0.15) is 41.0 Å². The van der Waals surface area contributed by atoms with Crippen LogP contribution in [0.4, 0.5) is 0 Å². The summed E-state index contributed by atoms with van der Waals surface area (Å²) >= 11 is 0. The Morgan fingerprint density at radius 3 is 1.61 bits per heavy atom. The lowest BCUT2D eigenvalue weighted by atomic mass is 10.0. The topological polar surface area (TPSA) is 194 Å². The third-order valence-electron chi connectivity index (χ3n) is 3.93. The van der Waals surface area contributed by atoms with E-state index in [-0.39, 0.29) is 5.92 Å². The van der Waals surface area contributed by atoms with Gasteiger partial charge in [0.25, 0.3) is 0 Å². The molecule has 0 aromatic rings. The molecule has 160 valence electrons. The van der Waals surface area contributed by atoms with E-state index in [9.17, 15) is 29.1 Å². The van der Waals surface area contributed by atoms with Crippen LogP contribution in [-0.4, -0.2) is 58.9 Å². The first kappa shape index (κ1) is 25.3. The highest BCUT2D eigenvalue weighted by atomic mass is 16.4. The lowest BCUT2D eigenvalue weighted by Crippen LogP contribution is -2.59. The molecule has 0 aliphatic rings. The van der Waals surface area contributed by atoms with Gasteiger partial charge < -0.3 is 32.5 Å². The summed E-state index contributed by atoms with van der Waals surface area (Å²) in [4.78, 5) is 59.4. The summed E-state index contributed by atoms with van der Waals surface area (Å²) in [6.45, 7) is 7.99. The van der Waals surface area contributed by atoms with Crippen molar-refractivity contribution in [1.29, 1.82) is 0 Å². The zero-order valence-electron chi connectivity index (χ0n) is 16.8. The van der Waals surface area contributed by atoms with E-state index >= 15 is 0 Å². The van der Waals surface area contributed by atoms with Crippen LogP contribution >= 0.6 is 0 Å². The molecule has 4 atom stereocenters. The Hall–Kier alpha value is -2.69. The Kier molecular flexibility index (Phi) is 10.1. The minimum absolute atomic E-state index is 0.345. The number of carbonyl (C=O) groups is 5. The van der Waals surface area contributed by atoms with Gasteiger partial charge in [0.05, 0.1) is 12.5 Å². The van der Waals surface area contributed by atoms with Crippen LogP contribution in [0, 0.1) is 11.8 Å². The maximum Gasteiger partial charge on any atom is 0.326 e. The molecule has 11 nitrogen and oxygen atoms in total. The van der Waals surface area contributed by atoms with Crippen molar-refractivity contribution in [3.8, 4) is 0 Å². The molecular weight excluding hydrogens is 370 g/mol. The monoisotopic (exact) mass is 401 g/mol. The highest BCUT2D eigenvalue weighted by Crippen LogP contribution is 2.06. The van der Waals surface area contributed by atoms with Crippen LogP contribution in [0.2, 0.25) is 0 Å². The van der Waals surface area contributed by atoms with Gasteiger partial charge >= 0.3 is 5.97 Å². The zero-order valence-corrected chi connectivity index (χ0v) is 16.8. The molecule has 28 heavy (non-hydrogen) atoms. The van der Waals surface area contributed by atoms with E-state index < -0.39 is 66.1 Å². The molecule has 0 aliphatic carbocycles. The van der Waals surface area contributed by atoms with E-state index in [0.29, 0.717) is 0 Å². The number of aliphatic carboxylic acids is 1. The number of hydrogen-bond donors (Lipinski definition) is 6. The van der Waals surface area contributed by atoms with E-state index in [1.807, 2.05) is 0 Å². The van der Waals surface area contributed by atoms with Gasteiger partial charge in [-0.1, -0.05) is 27.7 Å². The summed E-state index contributed by atoms with van der Waals surface area (Å²) in [5, 5.41) is 16.3. The highest BCUT2D eigenvalue weighted by molar-refractivity contribution is 5.96. The van der Waals surface area contributed by atoms with Crippen molar-refractivity contribution in [2.45, 2.75) is 65.2 Å². The highest BCUT2D eigenvalue weighted by Gasteiger charge is 2.32. The Balaban J connectivity index is 5.41. The van der Waals surface area contributed by atoms with E-state index in [2.05, 4.69) is 16.0 Å². The minimum atomic E-state index is -1.39. The average Bonchev–Trinajstić information content (AvgIpc) is 2.54. The summed E-state index contributed by atoms with van der Waals surface area (Å²) in [5.74, 6) is -5.04. The first-order chi connectivity index (χ1) is 12.8. The molecule has 0 saturated carbocycles. The molecule has 0 fully saturated rings. The Morgan fingerprint density at radius 1 is 0.786 bits per heavy atom. The Bertz CT molecular complexity index is 605. The zero-order chi connectivity index (χ0) is 22.2. The van der Waals surface area contributed by atoms with Crippen LogP contribution in [0.3, 0.4) is 0 Å². The van der Waals surface area contributed by atoms with Crippen molar-refractivity contribution < 1.29 is 29.1 Å². The fourth-order valence-electron chi connectivity index (χ4n) is 2.26. The van der Waals surface area contributed by atoms with Gasteiger partial charge in [0, 0.05) is 0 Å². The second kappa shape index (κ2) is 11.2. The molecule has 11 heteroatoms. The van der Waals surface area contributed by atoms with Crippen molar-refractivity contribution in [1.82, 2.24) is 16.0 Å². The van der Waals surface area contributed by atoms with Gasteiger partial charge in [0.1, 0.15) is 18.1 Å². The van der Waals surface area contributed by atoms with E-state index in [4.69, 9.17) is 11.5 Å². The molecule has 0 aromatic carbocycles. The predicted octanol–water partition coefficient (Wildman–Crippen LogP) is -1.94. The smallest absolute Gasteiger partial charge is 0.326 e. The molecule has 8 N–H and O–H groups in total. The largest absolute Gasteiger partial charge is 0.480 e. The molecule has 4 amide bonds. The van der Waals surface area contributed by atoms with E-state index in [1.165, 1.54) is 6.92 Å². The summed E-state index contributed by atoms with van der Waals surface area (Å²) in [5.41, 5.74) is 10.6. The van der Waals surface area contributed by atoms with Crippen LogP contribution in [-0.2, 0) is 24.0 Å². The van der Waals surface area contributed by atoms with E-state index in [0.717, 1.165) is 0 Å². The Labute approximate surface area is 164 Å². The number of amides is 4. The van der Waals surface area contributed by atoms with Crippen molar-refractivity contribution in [3.63, 3.8) is 0 Å². The third-order valence-corrected chi connectivity index (χ3v) is 3.93. The molecule has 0 radical (unpaired) electrons. The van der Waals surface area contributed by atoms with Gasteiger partial charge in [0.2, 0.25) is 23.6 Å². The first-order valence-electron chi connectivity index (χ1n) is 8.95. The molecule has 0 heterocycles. The maximum absolute atomic E-state index is 12.6. The van der Waals surface area contributed by atoms with E-state index in [1.54, 1.807) is 27.7 Å². The molecular formula is C17H31N5O6. The molecule has 0 rings (SSSR count). The van der Waals surface area contributed by atoms with Crippen LogP contribution < -0.4 is 27.4 Å². The molecule has 0 saturated heterocycles. The number of primary amides is 1. The molecule has 0 spiro atoms.